The lowest BCUT2D eigenvalue weighted by Crippen LogP contribution is -2.33. The van der Waals surface area contributed by atoms with Gasteiger partial charge in [-0.05, 0) is 18.8 Å². The Kier molecular flexibility index (Phi) is 4.42. The molecule has 1 N–H and O–H groups in total. The third-order valence-electron chi connectivity index (χ3n) is 4.33. The van der Waals surface area contributed by atoms with Crippen molar-refractivity contribution in [3.8, 4) is 0 Å². The van der Waals surface area contributed by atoms with E-state index in [-0.39, 0.29) is 11.3 Å². The summed E-state index contributed by atoms with van der Waals surface area (Å²) in [5.74, 6) is 0.863. The summed E-state index contributed by atoms with van der Waals surface area (Å²) in [5, 5.41) is 6.95. The van der Waals surface area contributed by atoms with Crippen LogP contribution in [-0.4, -0.2) is 24.3 Å². The molecule has 5 nitrogen and oxygen atoms in total. The highest BCUT2D eigenvalue weighted by Crippen LogP contribution is 2.37. The van der Waals surface area contributed by atoms with Crippen molar-refractivity contribution in [2.45, 2.75) is 52.9 Å². The Hall–Kier alpha value is -1.36. The van der Waals surface area contributed by atoms with Crippen molar-refractivity contribution in [1.29, 1.82) is 0 Å². The van der Waals surface area contributed by atoms with E-state index in [1.54, 1.807) is 0 Å². The standard InChI is InChI=1S/C16H26N2O3/c1-15(2,3)14(19)17-13-10-12(18-21-13)16(4,5)11-6-8-20-9-7-11/h10-11H,6-9H2,1-5H3,(H,17,19). The number of rotatable bonds is 3. The molecule has 0 aliphatic carbocycles. The molecule has 0 aromatic carbocycles. The molecule has 118 valence electrons. The Morgan fingerprint density at radius 2 is 1.86 bits per heavy atom. The van der Waals surface area contributed by atoms with E-state index in [2.05, 4.69) is 24.3 Å². The Bertz CT molecular complexity index is 494. The second kappa shape index (κ2) is 5.79. The van der Waals surface area contributed by atoms with Crippen molar-refractivity contribution >= 4 is 11.8 Å². The van der Waals surface area contributed by atoms with Crippen LogP contribution in [0.3, 0.4) is 0 Å². The average molecular weight is 294 g/mol. The number of carbonyl (C=O) groups is 1. The molecular formula is C16H26N2O3. The number of nitrogens with zero attached hydrogens (tertiary/aromatic N) is 1. The number of hydrogen-bond donors (Lipinski definition) is 1. The van der Waals surface area contributed by atoms with Crippen LogP contribution in [0.2, 0.25) is 0 Å². The molecule has 1 fully saturated rings. The third-order valence-corrected chi connectivity index (χ3v) is 4.33. The minimum Gasteiger partial charge on any atom is -0.381 e. The molecule has 1 aliphatic heterocycles. The minimum absolute atomic E-state index is 0.0749. The van der Waals surface area contributed by atoms with Gasteiger partial charge in [-0.25, -0.2) is 0 Å². The molecular weight excluding hydrogens is 268 g/mol. The van der Waals surface area contributed by atoms with E-state index in [4.69, 9.17) is 9.26 Å². The Labute approximate surface area is 126 Å². The molecule has 0 bridgehead atoms. The fraction of sp³-hybridized carbons (Fsp3) is 0.750. The van der Waals surface area contributed by atoms with E-state index in [0.29, 0.717) is 11.8 Å². The maximum atomic E-state index is 12.0. The van der Waals surface area contributed by atoms with Crippen LogP contribution < -0.4 is 5.32 Å². The highest BCUT2D eigenvalue weighted by atomic mass is 16.5. The normalized spacial score (nSPS) is 17.8. The summed E-state index contributed by atoms with van der Waals surface area (Å²) in [6, 6.07) is 1.85. The molecule has 0 atom stereocenters. The van der Waals surface area contributed by atoms with Crippen LogP contribution in [0.5, 0.6) is 0 Å². The lowest BCUT2D eigenvalue weighted by atomic mass is 9.72. The van der Waals surface area contributed by atoms with Gasteiger partial charge in [0.1, 0.15) is 0 Å². The first-order chi connectivity index (χ1) is 9.71. The Morgan fingerprint density at radius 1 is 1.24 bits per heavy atom. The lowest BCUT2D eigenvalue weighted by molar-refractivity contribution is -0.123. The van der Waals surface area contributed by atoms with Gasteiger partial charge >= 0.3 is 0 Å². The summed E-state index contributed by atoms with van der Waals surface area (Å²) in [6.07, 6.45) is 2.06. The summed E-state index contributed by atoms with van der Waals surface area (Å²) < 4.78 is 10.7. The molecule has 0 radical (unpaired) electrons. The fourth-order valence-electron chi connectivity index (χ4n) is 2.57. The molecule has 0 saturated carbocycles. The van der Waals surface area contributed by atoms with Crippen LogP contribution in [0.1, 0.15) is 53.2 Å². The van der Waals surface area contributed by atoms with Crippen molar-refractivity contribution in [1.82, 2.24) is 5.16 Å². The molecule has 1 aliphatic rings. The zero-order valence-corrected chi connectivity index (χ0v) is 13.7. The highest BCUT2D eigenvalue weighted by Gasteiger charge is 2.35. The van der Waals surface area contributed by atoms with Crippen LogP contribution >= 0.6 is 0 Å². The highest BCUT2D eigenvalue weighted by molar-refractivity contribution is 5.93. The number of anilines is 1. The van der Waals surface area contributed by atoms with Crippen LogP contribution in [-0.2, 0) is 14.9 Å². The topological polar surface area (TPSA) is 64.4 Å². The quantitative estimate of drug-likeness (QED) is 0.928. The average Bonchev–Trinajstić information content (AvgIpc) is 2.88. The summed E-state index contributed by atoms with van der Waals surface area (Å²) in [6.45, 7) is 11.6. The second-order valence-corrected chi connectivity index (χ2v) is 7.39. The number of carbonyl (C=O) groups excluding carboxylic acids is 1. The van der Waals surface area contributed by atoms with Crippen LogP contribution in [0, 0.1) is 11.3 Å². The summed E-state index contributed by atoms with van der Waals surface area (Å²) in [5.41, 5.74) is 0.347. The maximum Gasteiger partial charge on any atom is 0.232 e. The predicted molar refractivity (Wildman–Crippen MR) is 81.2 cm³/mol. The minimum atomic E-state index is -0.455. The van der Waals surface area contributed by atoms with Crippen molar-refractivity contribution in [3.63, 3.8) is 0 Å². The predicted octanol–water partition coefficient (Wildman–Crippen LogP) is 3.36. The summed E-state index contributed by atoms with van der Waals surface area (Å²) >= 11 is 0. The molecule has 1 aromatic rings. The van der Waals surface area contributed by atoms with E-state index in [1.165, 1.54) is 0 Å². The lowest BCUT2D eigenvalue weighted by Gasteiger charge is -2.35. The van der Waals surface area contributed by atoms with Gasteiger partial charge in [0.05, 0.1) is 5.69 Å². The number of nitrogens with one attached hydrogen (secondary N) is 1. The monoisotopic (exact) mass is 294 g/mol. The van der Waals surface area contributed by atoms with E-state index < -0.39 is 5.41 Å². The van der Waals surface area contributed by atoms with E-state index in [9.17, 15) is 4.79 Å². The van der Waals surface area contributed by atoms with Crippen LogP contribution in [0.15, 0.2) is 10.6 Å². The van der Waals surface area contributed by atoms with E-state index in [1.807, 2.05) is 26.8 Å². The first-order valence-electron chi connectivity index (χ1n) is 7.57. The van der Waals surface area contributed by atoms with Crippen molar-refractivity contribution in [3.05, 3.63) is 11.8 Å². The zero-order chi connectivity index (χ0) is 15.7. The van der Waals surface area contributed by atoms with Gasteiger partial charge in [0, 0.05) is 30.1 Å². The van der Waals surface area contributed by atoms with Gasteiger partial charge in [-0.2, -0.15) is 0 Å². The molecule has 1 amide bonds. The van der Waals surface area contributed by atoms with Gasteiger partial charge in [0.2, 0.25) is 11.8 Å². The van der Waals surface area contributed by atoms with Crippen LogP contribution in [0.4, 0.5) is 5.88 Å². The smallest absolute Gasteiger partial charge is 0.232 e. The van der Waals surface area contributed by atoms with Gasteiger partial charge in [0.25, 0.3) is 0 Å². The Balaban J connectivity index is 2.09. The zero-order valence-electron chi connectivity index (χ0n) is 13.7. The van der Waals surface area contributed by atoms with Gasteiger partial charge in [0.15, 0.2) is 0 Å². The van der Waals surface area contributed by atoms with E-state index >= 15 is 0 Å². The maximum absolute atomic E-state index is 12.0. The largest absolute Gasteiger partial charge is 0.381 e. The SMILES string of the molecule is CC(C)(C)C(=O)Nc1cc(C(C)(C)C2CCOCC2)no1. The number of ether oxygens (including phenoxy) is 1. The van der Waals surface area contributed by atoms with Crippen molar-refractivity contribution in [2.75, 3.05) is 18.5 Å². The first kappa shape index (κ1) is 16.0. The molecule has 1 saturated heterocycles. The molecule has 21 heavy (non-hydrogen) atoms. The van der Waals surface area contributed by atoms with Crippen LogP contribution in [0.25, 0.3) is 0 Å². The number of hydrogen-bond acceptors (Lipinski definition) is 4. The van der Waals surface area contributed by atoms with Gasteiger partial charge < -0.3 is 9.26 Å². The molecule has 2 heterocycles. The summed E-state index contributed by atoms with van der Waals surface area (Å²) in [4.78, 5) is 12.0. The number of amides is 1. The molecule has 5 heteroatoms. The Morgan fingerprint density at radius 3 is 2.43 bits per heavy atom. The molecule has 0 spiro atoms. The summed E-state index contributed by atoms with van der Waals surface area (Å²) in [7, 11) is 0. The van der Waals surface area contributed by atoms with E-state index in [0.717, 1.165) is 31.7 Å². The second-order valence-electron chi connectivity index (χ2n) is 7.39. The number of aromatic nitrogens is 1. The van der Waals surface area contributed by atoms with Gasteiger partial charge in [-0.3, -0.25) is 10.1 Å². The molecule has 0 unspecified atom stereocenters. The first-order valence-corrected chi connectivity index (χ1v) is 7.57. The third kappa shape index (κ3) is 3.64. The molecule has 2 rings (SSSR count). The van der Waals surface area contributed by atoms with Gasteiger partial charge in [-0.1, -0.05) is 39.8 Å². The van der Waals surface area contributed by atoms with Gasteiger partial charge in [-0.15, -0.1) is 0 Å². The van der Waals surface area contributed by atoms with Crippen molar-refractivity contribution < 1.29 is 14.1 Å². The molecule has 1 aromatic heterocycles. The fourth-order valence-corrected chi connectivity index (χ4v) is 2.57. The van der Waals surface area contributed by atoms with Crippen molar-refractivity contribution in [2.24, 2.45) is 11.3 Å².